The van der Waals surface area contributed by atoms with E-state index in [0.29, 0.717) is 0 Å². The van der Waals surface area contributed by atoms with Crippen LogP contribution in [0.2, 0.25) is 0 Å². The SMILES string of the molecule is CNc1ccc(C=C(CNC(=O)OCC2c3ccccc3-c3ccccc32)B2OC(C)(C)C(C)(C)O2)cc1. The zero-order valence-electron chi connectivity index (χ0n) is 22.7. The second-order valence-corrected chi connectivity index (χ2v) is 10.9. The fourth-order valence-corrected chi connectivity index (χ4v) is 4.98. The van der Waals surface area contributed by atoms with Crippen molar-refractivity contribution in [3.05, 3.63) is 95.0 Å². The minimum absolute atomic E-state index is 0.0111. The summed E-state index contributed by atoms with van der Waals surface area (Å²) in [6, 6.07) is 24.7. The van der Waals surface area contributed by atoms with Crippen LogP contribution in [0.25, 0.3) is 17.2 Å². The summed E-state index contributed by atoms with van der Waals surface area (Å²) in [7, 11) is 1.30. The first-order valence-electron chi connectivity index (χ1n) is 13.1. The van der Waals surface area contributed by atoms with Crippen molar-refractivity contribution in [2.45, 2.75) is 44.8 Å². The van der Waals surface area contributed by atoms with Gasteiger partial charge < -0.3 is 24.7 Å². The summed E-state index contributed by atoms with van der Waals surface area (Å²) in [4.78, 5) is 12.9. The molecule has 1 amide bonds. The lowest BCUT2D eigenvalue weighted by molar-refractivity contribution is 0.00578. The first-order chi connectivity index (χ1) is 18.2. The van der Waals surface area contributed by atoms with Crippen LogP contribution in [0.5, 0.6) is 0 Å². The summed E-state index contributed by atoms with van der Waals surface area (Å²) in [5.74, 6) is 0.0111. The van der Waals surface area contributed by atoms with Crippen LogP contribution in [0.1, 0.15) is 50.3 Å². The van der Waals surface area contributed by atoms with Crippen molar-refractivity contribution >= 4 is 25.0 Å². The molecule has 0 saturated carbocycles. The number of amides is 1. The highest BCUT2D eigenvalue weighted by molar-refractivity contribution is 6.56. The number of carbonyl (C=O) groups excluding carboxylic acids is 1. The molecular weight excluding hydrogens is 475 g/mol. The maximum absolute atomic E-state index is 12.9. The van der Waals surface area contributed by atoms with Crippen LogP contribution in [0, 0.1) is 0 Å². The molecule has 0 atom stereocenters. The summed E-state index contributed by atoms with van der Waals surface area (Å²) >= 11 is 0. The first-order valence-corrected chi connectivity index (χ1v) is 13.1. The average molecular weight is 510 g/mol. The van der Waals surface area contributed by atoms with Crippen LogP contribution in [0.15, 0.2) is 78.3 Å². The van der Waals surface area contributed by atoms with Crippen LogP contribution in [-0.4, -0.2) is 44.6 Å². The van der Waals surface area contributed by atoms with Gasteiger partial charge in [0.15, 0.2) is 0 Å². The molecule has 1 aliphatic carbocycles. The monoisotopic (exact) mass is 510 g/mol. The van der Waals surface area contributed by atoms with Gasteiger partial charge >= 0.3 is 13.2 Å². The van der Waals surface area contributed by atoms with E-state index in [1.165, 1.54) is 22.3 Å². The molecule has 0 radical (unpaired) electrons. The van der Waals surface area contributed by atoms with Crippen LogP contribution >= 0.6 is 0 Å². The van der Waals surface area contributed by atoms with E-state index < -0.39 is 24.4 Å². The second-order valence-electron chi connectivity index (χ2n) is 10.9. The Kier molecular flexibility index (Phi) is 7.08. The van der Waals surface area contributed by atoms with Crippen molar-refractivity contribution in [1.29, 1.82) is 0 Å². The van der Waals surface area contributed by atoms with Gasteiger partial charge in [0.05, 0.1) is 11.2 Å². The number of nitrogens with one attached hydrogen (secondary N) is 2. The van der Waals surface area contributed by atoms with Crippen LogP contribution in [-0.2, 0) is 14.0 Å². The van der Waals surface area contributed by atoms with E-state index in [1.54, 1.807) is 0 Å². The van der Waals surface area contributed by atoms with Gasteiger partial charge in [-0.3, -0.25) is 0 Å². The van der Waals surface area contributed by atoms with Crippen LogP contribution in [0.4, 0.5) is 10.5 Å². The number of alkyl carbamates (subject to hydrolysis) is 1. The fraction of sp³-hybridized carbons (Fsp3) is 0.323. The lowest BCUT2D eigenvalue weighted by atomic mass is 9.77. The molecule has 0 unspecified atom stereocenters. The molecule has 0 spiro atoms. The van der Waals surface area contributed by atoms with Gasteiger partial charge in [-0.1, -0.05) is 66.7 Å². The first kappa shape index (κ1) is 26.1. The number of ether oxygens (including phenoxy) is 1. The van der Waals surface area contributed by atoms with Crippen LogP contribution in [0.3, 0.4) is 0 Å². The molecule has 1 heterocycles. The van der Waals surface area contributed by atoms with Gasteiger partial charge in [0.2, 0.25) is 0 Å². The molecule has 5 rings (SSSR count). The van der Waals surface area contributed by atoms with Gasteiger partial charge in [0.1, 0.15) is 6.61 Å². The third kappa shape index (κ3) is 5.09. The van der Waals surface area contributed by atoms with Crippen molar-refractivity contribution in [3.8, 4) is 11.1 Å². The quantitative estimate of drug-likeness (QED) is 0.366. The van der Waals surface area contributed by atoms with E-state index in [0.717, 1.165) is 16.7 Å². The smallest absolute Gasteiger partial charge is 0.449 e. The summed E-state index contributed by atoms with van der Waals surface area (Å²) in [5.41, 5.74) is 6.62. The number of rotatable bonds is 7. The maximum Gasteiger partial charge on any atom is 0.492 e. The Balaban J connectivity index is 1.29. The largest absolute Gasteiger partial charge is 0.492 e. The number of carbonyl (C=O) groups is 1. The molecule has 3 aromatic carbocycles. The van der Waals surface area contributed by atoms with E-state index in [9.17, 15) is 4.79 Å². The van der Waals surface area contributed by atoms with E-state index in [1.807, 2.05) is 89.3 Å². The molecular formula is C31H35BN2O4. The number of benzene rings is 3. The number of fused-ring (bicyclic) bond motifs is 3. The van der Waals surface area contributed by atoms with Gasteiger partial charge in [0, 0.05) is 25.2 Å². The van der Waals surface area contributed by atoms with Gasteiger partial charge in [-0.15, -0.1) is 0 Å². The Hall–Kier alpha value is -3.55. The second kappa shape index (κ2) is 10.3. The van der Waals surface area contributed by atoms with Gasteiger partial charge in [-0.25, -0.2) is 4.79 Å². The van der Waals surface area contributed by atoms with Gasteiger partial charge in [-0.2, -0.15) is 0 Å². The Morgan fingerprint density at radius 1 is 0.895 bits per heavy atom. The van der Waals surface area contributed by atoms with Crippen molar-refractivity contribution in [3.63, 3.8) is 0 Å². The number of hydrogen-bond donors (Lipinski definition) is 2. The number of anilines is 1. The molecule has 38 heavy (non-hydrogen) atoms. The third-order valence-electron chi connectivity index (χ3n) is 7.89. The Bertz CT molecular complexity index is 1290. The summed E-state index contributed by atoms with van der Waals surface area (Å²) in [5, 5.41) is 6.06. The lowest BCUT2D eigenvalue weighted by Gasteiger charge is -2.32. The molecule has 7 heteroatoms. The van der Waals surface area contributed by atoms with Crippen LogP contribution < -0.4 is 10.6 Å². The zero-order chi connectivity index (χ0) is 26.9. The highest BCUT2D eigenvalue weighted by atomic mass is 16.7. The molecule has 2 N–H and O–H groups in total. The topological polar surface area (TPSA) is 68.8 Å². The molecule has 1 aliphatic heterocycles. The summed E-state index contributed by atoms with van der Waals surface area (Å²) < 4.78 is 18.3. The maximum atomic E-state index is 12.9. The zero-order valence-corrected chi connectivity index (χ0v) is 22.7. The van der Waals surface area contributed by atoms with E-state index in [2.05, 4.69) is 34.9 Å². The predicted octanol–water partition coefficient (Wildman–Crippen LogP) is 6.28. The minimum atomic E-state index is -0.585. The van der Waals surface area contributed by atoms with E-state index in [4.69, 9.17) is 14.0 Å². The van der Waals surface area contributed by atoms with E-state index in [-0.39, 0.29) is 19.1 Å². The Labute approximate surface area is 225 Å². The Morgan fingerprint density at radius 3 is 2.00 bits per heavy atom. The highest BCUT2D eigenvalue weighted by Gasteiger charge is 2.52. The normalized spacial score (nSPS) is 17.6. The van der Waals surface area contributed by atoms with E-state index >= 15 is 0 Å². The summed E-state index contributed by atoms with van der Waals surface area (Å²) in [6.07, 6.45) is 1.53. The highest BCUT2D eigenvalue weighted by Crippen LogP contribution is 2.44. The predicted molar refractivity (Wildman–Crippen MR) is 153 cm³/mol. The van der Waals surface area contributed by atoms with Gasteiger partial charge in [-0.05, 0) is 73.1 Å². The van der Waals surface area contributed by atoms with Crippen molar-refractivity contribution in [2.75, 3.05) is 25.5 Å². The van der Waals surface area contributed by atoms with Crippen molar-refractivity contribution in [2.24, 2.45) is 0 Å². The summed E-state index contributed by atoms with van der Waals surface area (Å²) in [6.45, 7) is 8.58. The molecule has 1 saturated heterocycles. The molecule has 6 nitrogen and oxygen atoms in total. The van der Waals surface area contributed by atoms with Gasteiger partial charge in [0.25, 0.3) is 0 Å². The Morgan fingerprint density at radius 2 is 1.45 bits per heavy atom. The number of hydrogen-bond acceptors (Lipinski definition) is 5. The fourth-order valence-electron chi connectivity index (χ4n) is 4.98. The minimum Gasteiger partial charge on any atom is -0.449 e. The third-order valence-corrected chi connectivity index (χ3v) is 7.89. The molecule has 3 aromatic rings. The molecule has 0 bridgehead atoms. The molecule has 196 valence electrons. The van der Waals surface area contributed by atoms with Crippen molar-refractivity contribution < 1.29 is 18.8 Å². The standard InChI is InChI=1S/C31H35BN2O4/c1-30(2)31(3,4)38-32(37-30)22(18-21-14-16-23(33-5)17-15-21)19-34-29(35)36-20-28-26-12-8-6-10-24(26)25-11-7-9-13-27(25)28/h6-18,28,33H,19-20H2,1-5H3,(H,34,35). The molecule has 1 fully saturated rings. The average Bonchev–Trinajstić information content (AvgIpc) is 3.34. The lowest BCUT2D eigenvalue weighted by Crippen LogP contribution is -2.41. The van der Waals surface area contributed by atoms with Crippen molar-refractivity contribution in [1.82, 2.24) is 5.32 Å². The molecule has 2 aliphatic rings. The molecule has 0 aromatic heterocycles.